The van der Waals surface area contributed by atoms with E-state index in [1.54, 1.807) is 0 Å². The monoisotopic (exact) mass is 265 g/mol. The van der Waals surface area contributed by atoms with Gasteiger partial charge in [-0.3, -0.25) is 0 Å². The smallest absolute Gasteiger partial charge is 0.206 e. The second-order valence-electron chi connectivity index (χ2n) is 6.39. The topological polar surface area (TPSA) is 29.9 Å². The first-order valence-corrected chi connectivity index (χ1v) is 7.45. The molecule has 20 heavy (non-hydrogen) atoms. The summed E-state index contributed by atoms with van der Waals surface area (Å²) in [6.45, 7) is 9.33. The first-order chi connectivity index (χ1) is 9.52. The fourth-order valence-corrected chi connectivity index (χ4v) is 3.45. The first-order valence-electron chi connectivity index (χ1n) is 7.45. The molecule has 0 saturated heterocycles. The van der Waals surface area contributed by atoms with Crippen LogP contribution in [0.1, 0.15) is 39.3 Å². The van der Waals surface area contributed by atoms with Crippen molar-refractivity contribution in [2.75, 3.05) is 5.84 Å². The Morgan fingerprint density at radius 3 is 2.30 bits per heavy atom. The van der Waals surface area contributed by atoms with E-state index >= 15 is 0 Å². The normalized spacial score (nSPS) is 13.0. The predicted octanol–water partition coefficient (Wildman–Crippen LogP) is 1.81. The zero-order valence-corrected chi connectivity index (χ0v) is 12.7. The molecular formula is C17H22BN2+. The highest BCUT2D eigenvalue weighted by Crippen LogP contribution is 2.26. The summed E-state index contributed by atoms with van der Waals surface area (Å²) in [5.41, 5.74) is 6.52. The second kappa shape index (κ2) is 4.66. The molecule has 0 aliphatic carbocycles. The quantitative estimate of drug-likeness (QED) is 0.501. The van der Waals surface area contributed by atoms with Crippen molar-refractivity contribution in [2.45, 2.75) is 39.4 Å². The molecule has 3 rings (SSSR count). The van der Waals surface area contributed by atoms with Gasteiger partial charge in [0.1, 0.15) is 0 Å². The summed E-state index contributed by atoms with van der Waals surface area (Å²) in [6.07, 6.45) is 0. The Morgan fingerprint density at radius 1 is 0.950 bits per heavy atom. The fourth-order valence-electron chi connectivity index (χ4n) is 3.45. The van der Waals surface area contributed by atoms with Crippen molar-refractivity contribution in [3.8, 4) is 11.1 Å². The van der Waals surface area contributed by atoms with Gasteiger partial charge in [-0.15, -0.1) is 0 Å². The standard InChI is InChI=1S/C17H22BN2/c1-11(2)16-10-9-14-13-7-5-6-8-15(13)18(12(3)4)17(14)20(16)19/h5-12H,19H2,1-4H3/q+1. The molecule has 102 valence electrons. The number of aromatic nitrogens is 1. The maximum absolute atomic E-state index is 6.46. The van der Waals surface area contributed by atoms with Crippen molar-refractivity contribution in [2.24, 2.45) is 0 Å². The van der Waals surface area contributed by atoms with E-state index in [2.05, 4.69) is 64.1 Å². The van der Waals surface area contributed by atoms with Crippen LogP contribution in [0.5, 0.6) is 0 Å². The van der Waals surface area contributed by atoms with E-state index in [1.807, 2.05) is 4.68 Å². The molecule has 2 heterocycles. The lowest BCUT2D eigenvalue weighted by Gasteiger charge is -2.12. The zero-order chi connectivity index (χ0) is 14.4. The summed E-state index contributed by atoms with van der Waals surface area (Å²) < 4.78 is 1.94. The van der Waals surface area contributed by atoms with Gasteiger partial charge in [-0.2, -0.15) is 0 Å². The number of rotatable bonds is 2. The summed E-state index contributed by atoms with van der Waals surface area (Å²) in [6, 6.07) is 13.1. The summed E-state index contributed by atoms with van der Waals surface area (Å²) in [7, 11) is 0. The molecule has 1 aliphatic rings. The molecule has 0 atom stereocenters. The molecule has 1 aromatic carbocycles. The van der Waals surface area contributed by atoms with Crippen LogP contribution >= 0.6 is 0 Å². The third kappa shape index (κ3) is 1.76. The molecule has 0 bridgehead atoms. The number of nitrogens with zero attached hydrogens (tertiary/aromatic N) is 1. The Balaban J connectivity index is 2.30. The lowest BCUT2D eigenvalue weighted by molar-refractivity contribution is -0.630. The number of hydrogen-bond donors (Lipinski definition) is 1. The van der Waals surface area contributed by atoms with E-state index in [-0.39, 0.29) is 0 Å². The van der Waals surface area contributed by atoms with Crippen LogP contribution in [0.25, 0.3) is 11.1 Å². The molecule has 0 amide bonds. The summed E-state index contributed by atoms with van der Waals surface area (Å²) in [5, 5.41) is 0. The van der Waals surface area contributed by atoms with Crippen LogP contribution in [0.4, 0.5) is 0 Å². The van der Waals surface area contributed by atoms with Crippen molar-refractivity contribution in [1.29, 1.82) is 0 Å². The molecule has 1 aromatic heterocycles. The van der Waals surface area contributed by atoms with Crippen LogP contribution < -0.4 is 21.6 Å². The molecule has 0 radical (unpaired) electrons. The molecule has 2 nitrogen and oxygen atoms in total. The van der Waals surface area contributed by atoms with Crippen molar-refractivity contribution < 1.29 is 4.68 Å². The zero-order valence-electron chi connectivity index (χ0n) is 12.7. The number of pyridine rings is 1. The molecule has 0 unspecified atom stereocenters. The highest BCUT2D eigenvalue weighted by Gasteiger charge is 2.42. The highest BCUT2D eigenvalue weighted by atomic mass is 15.3. The number of benzene rings is 1. The van der Waals surface area contributed by atoms with Crippen LogP contribution in [0.3, 0.4) is 0 Å². The molecule has 3 heteroatoms. The van der Waals surface area contributed by atoms with E-state index in [4.69, 9.17) is 5.84 Å². The largest absolute Gasteiger partial charge is 0.301 e. The predicted molar refractivity (Wildman–Crippen MR) is 86.4 cm³/mol. The van der Waals surface area contributed by atoms with Crippen LogP contribution in [-0.4, -0.2) is 6.71 Å². The lowest BCUT2D eigenvalue weighted by Crippen LogP contribution is -2.67. The highest BCUT2D eigenvalue weighted by molar-refractivity contribution is 6.89. The number of hydrogen-bond acceptors (Lipinski definition) is 1. The van der Waals surface area contributed by atoms with E-state index in [9.17, 15) is 0 Å². The van der Waals surface area contributed by atoms with Gasteiger partial charge in [-0.25, -0.2) is 5.84 Å². The van der Waals surface area contributed by atoms with Crippen LogP contribution in [0.15, 0.2) is 36.4 Å². The van der Waals surface area contributed by atoms with Crippen LogP contribution in [0.2, 0.25) is 5.82 Å². The van der Waals surface area contributed by atoms with Crippen molar-refractivity contribution in [1.82, 2.24) is 0 Å². The Kier molecular flexibility index (Phi) is 3.08. The van der Waals surface area contributed by atoms with Gasteiger partial charge >= 0.3 is 6.71 Å². The van der Waals surface area contributed by atoms with E-state index in [0.717, 1.165) is 0 Å². The van der Waals surface area contributed by atoms with Crippen LogP contribution in [0, 0.1) is 0 Å². The van der Waals surface area contributed by atoms with Gasteiger partial charge < -0.3 is 0 Å². The van der Waals surface area contributed by atoms with Crippen molar-refractivity contribution in [3.05, 3.63) is 42.1 Å². The van der Waals surface area contributed by atoms with Gasteiger partial charge in [-0.05, 0) is 11.6 Å². The Hall–Kier alpha value is -1.77. The summed E-state index contributed by atoms with van der Waals surface area (Å²) >= 11 is 0. The Labute approximate surface area is 121 Å². The van der Waals surface area contributed by atoms with E-state index in [1.165, 1.54) is 27.9 Å². The third-order valence-corrected chi connectivity index (χ3v) is 4.37. The summed E-state index contributed by atoms with van der Waals surface area (Å²) in [5.74, 6) is 7.43. The molecule has 0 fully saturated rings. The van der Waals surface area contributed by atoms with E-state index < -0.39 is 0 Å². The molecule has 2 aromatic rings. The number of nitrogen functional groups attached to an aromatic ring is 1. The van der Waals surface area contributed by atoms with Crippen molar-refractivity contribution >= 4 is 17.8 Å². The Morgan fingerprint density at radius 2 is 1.65 bits per heavy atom. The minimum absolute atomic E-state index is 0.393. The van der Waals surface area contributed by atoms with Gasteiger partial charge in [0, 0.05) is 17.5 Å². The molecular weight excluding hydrogens is 243 g/mol. The van der Waals surface area contributed by atoms with Crippen LogP contribution in [-0.2, 0) is 0 Å². The molecule has 2 N–H and O–H groups in total. The summed E-state index contributed by atoms with van der Waals surface area (Å²) in [4.78, 5) is 0. The van der Waals surface area contributed by atoms with Gasteiger partial charge in [0.2, 0.25) is 5.69 Å². The first kappa shape index (κ1) is 13.2. The average molecular weight is 265 g/mol. The SMILES string of the molecule is CC(C)B1c2ccccc2-c2ccc(C(C)C)[n+](N)c21. The van der Waals surface area contributed by atoms with Gasteiger partial charge in [0.25, 0.3) is 0 Å². The lowest BCUT2D eigenvalue weighted by atomic mass is 9.38. The van der Waals surface area contributed by atoms with Gasteiger partial charge in [0.05, 0.1) is 0 Å². The number of fused-ring (bicyclic) bond motifs is 3. The average Bonchev–Trinajstić information content (AvgIpc) is 2.74. The van der Waals surface area contributed by atoms with E-state index in [0.29, 0.717) is 18.4 Å². The van der Waals surface area contributed by atoms with Crippen molar-refractivity contribution in [3.63, 3.8) is 0 Å². The van der Waals surface area contributed by atoms with Gasteiger partial charge in [-0.1, -0.05) is 67.9 Å². The maximum Gasteiger partial charge on any atom is 0.301 e. The Bertz CT molecular complexity index is 662. The molecule has 0 saturated carbocycles. The molecule has 0 spiro atoms. The fraction of sp³-hybridized carbons (Fsp3) is 0.353. The molecule has 1 aliphatic heterocycles. The van der Waals surface area contributed by atoms with Gasteiger partial charge in [0.15, 0.2) is 5.59 Å². The second-order valence-corrected chi connectivity index (χ2v) is 6.39. The minimum atomic E-state index is 0.393. The minimum Gasteiger partial charge on any atom is -0.206 e. The number of nitrogens with two attached hydrogens (primary N) is 1. The maximum atomic E-state index is 6.46. The third-order valence-electron chi connectivity index (χ3n) is 4.37.